The molecule has 1 saturated heterocycles. The third-order valence-electron chi connectivity index (χ3n) is 4.36. The zero-order valence-electron chi connectivity index (χ0n) is 13.7. The number of hydrogen-bond donors (Lipinski definition) is 0. The van der Waals surface area contributed by atoms with Crippen LogP contribution in [-0.2, 0) is 9.63 Å². The molecule has 1 aromatic rings. The molecule has 1 saturated carbocycles. The van der Waals surface area contributed by atoms with Crippen molar-refractivity contribution in [2.75, 3.05) is 13.1 Å². The van der Waals surface area contributed by atoms with E-state index in [0.29, 0.717) is 11.6 Å². The van der Waals surface area contributed by atoms with Gasteiger partial charge in [-0.15, -0.1) is 5.06 Å². The standard InChI is InChI=1S/C17H22ClNO3.Li/c18-14-7-4-8-15(11-14)21-16-9-10-19(12-16)22-17(20)13-5-2-1-3-6-13;/h4,7-8,11,13,16H,1-3,5-6,9-10,12H2;/t16-;/m1./s1. The van der Waals surface area contributed by atoms with E-state index in [1.54, 1.807) is 11.1 Å². The van der Waals surface area contributed by atoms with E-state index in [4.69, 9.17) is 21.2 Å². The van der Waals surface area contributed by atoms with Crippen LogP contribution in [0.1, 0.15) is 38.5 Å². The van der Waals surface area contributed by atoms with Crippen LogP contribution in [0.4, 0.5) is 0 Å². The number of benzene rings is 1. The zero-order valence-corrected chi connectivity index (χ0v) is 14.4. The van der Waals surface area contributed by atoms with Gasteiger partial charge in [-0.1, -0.05) is 36.9 Å². The molecule has 0 unspecified atom stereocenters. The van der Waals surface area contributed by atoms with E-state index in [-0.39, 0.29) is 36.9 Å². The molecule has 0 bridgehead atoms. The maximum Gasteiger partial charge on any atom is 0.328 e. The molecular weight excluding hydrogens is 309 g/mol. The predicted molar refractivity (Wildman–Crippen MR) is 90.5 cm³/mol. The summed E-state index contributed by atoms with van der Waals surface area (Å²) in [6.07, 6.45) is 6.34. The molecule has 2 aliphatic rings. The topological polar surface area (TPSA) is 38.8 Å². The normalized spacial score (nSPS) is 22.4. The van der Waals surface area contributed by atoms with Crippen LogP contribution in [0, 0.1) is 5.92 Å². The van der Waals surface area contributed by atoms with Gasteiger partial charge in [-0.2, -0.15) is 0 Å². The second kappa shape index (κ2) is 8.99. The summed E-state index contributed by atoms with van der Waals surface area (Å²) < 4.78 is 5.90. The van der Waals surface area contributed by atoms with Crippen LogP contribution < -0.4 is 4.74 Å². The van der Waals surface area contributed by atoms with E-state index in [1.165, 1.54) is 6.42 Å². The van der Waals surface area contributed by atoms with Gasteiger partial charge in [0.1, 0.15) is 11.9 Å². The fourth-order valence-corrected chi connectivity index (χ4v) is 3.33. The van der Waals surface area contributed by atoms with Crippen molar-refractivity contribution < 1.29 is 14.4 Å². The van der Waals surface area contributed by atoms with Crippen LogP contribution in [0.3, 0.4) is 0 Å². The van der Waals surface area contributed by atoms with Gasteiger partial charge >= 0.3 is 5.97 Å². The summed E-state index contributed by atoms with van der Waals surface area (Å²) in [5.74, 6) is 0.780. The Kier molecular flexibility index (Phi) is 7.30. The molecule has 4 nitrogen and oxygen atoms in total. The molecule has 0 amide bonds. The summed E-state index contributed by atoms with van der Waals surface area (Å²) in [6, 6.07) is 7.38. The molecule has 1 aliphatic heterocycles. The molecule has 0 N–H and O–H groups in total. The molecule has 0 aromatic heterocycles. The van der Waals surface area contributed by atoms with Crippen molar-refractivity contribution in [3.8, 4) is 5.75 Å². The van der Waals surface area contributed by atoms with Crippen LogP contribution in [0.5, 0.6) is 5.75 Å². The number of carbonyl (C=O) groups excluding carboxylic acids is 1. The molecule has 0 spiro atoms. The number of hydrogen-bond acceptors (Lipinski definition) is 4. The summed E-state index contributed by atoms with van der Waals surface area (Å²) in [4.78, 5) is 17.7. The second-order valence-corrected chi connectivity index (χ2v) is 6.56. The van der Waals surface area contributed by atoms with Gasteiger partial charge in [0.25, 0.3) is 0 Å². The van der Waals surface area contributed by atoms with E-state index in [1.807, 2.05) is 18.2 Å². The number of hydroxylamine groups is 2. The van der Waals surface area contributed by atoms with Crippen LogP contribution >= 0.6 is 11.6 Å². The smallest absolute Gasteiger partial charge is 0.328 e. The Morgan fingerprint density at radius 1 is 1.17 bits per heavy atom. The first-order valence-corrected chi connectivity index (χ1v) is 8.47. The zero-order chi connectivity index (χ0) is 15.4. The Morgan fingerprint density at radius 3 is 2.70 bits per heavy atom. The molecule has 1 heterocycles. The van der Waals surface area contributed by atoms with E-state index in [2.05, 4.69) is 0 Å². The number of carbonyl (C=O) groups is 1. The van der Waals surface area contributed by atoms with E-state index >= 15 is 0 Å². The average molecular weight is 331 g/mol. The first kappa shape index (κ1) is 18.7. The minimum atomic E-state index is -0.0666. The third-order valence-corrected chi connectivity index (χ3v) is 4.60. The molecule has 1 radical (unpaired) electrons. The van der Waals surface area contributed by atoms with Crippen LogP contribution in [0.15, 0.2) is 24.3 Å². The van der Waals surface area contributed by atoms with Crippen LogP contribution in [-0.4, -0.2) is 49.1 Å². The van der Waals surface area contributed by atoms with E-state index in [9.17, 15) is 4.79 Å². The van der Waals surface area contributed by atoms with E-state index in [0.717, 1.165) is 44.4 Å². The van der Waals surface area contributed by atoms with E-state index < -0.39 is 0 Å². The van der Waals surface area contributed by atoms with Crippen LogP contribution in [0.25, 0.3) is 0 Å². The summed E-state index contributed by atoms with van der Waals surface area (Å²) >= 11 is 5.95. The van der Waals surface area contributed by atoms with Gasteiger partial charge in [-0.3, -0.25) is 4.79 Å². The average Bonchev–Trinajstić information content (AvgIpc) is 2.95. The number of rotatable bonds is 4. The van der Waals surface area contributed by atoms with Gasteiger partial charge in [0.2, 0.25) is 0 Å². The largest absolute Gasteiger partial charge is 0.489 e. The summed E-state index contributed by atoms with van der Waals surface area (Å²) in [6.45, 7) is 1.34. The molecule has 2 fully saturated rings. The van der Waals surface area contributed by atoms with Gasteiger partial charge in [0, 0.05) is 36.8 Å². The summed E-state index contributed by atoms with van der Waals surface area (Å²) in [7, 11) is 0. The molecule has 23 heavy (non-hydrogen) atoms. The molecule has 1 atom stereocenters. The third kappa shape index (κ3) is 5.43. The molecule has 121 valence electrons. The Balaban J connectivity index is 0.00000192. The van der Waals surface area contributed by atoms with Crippen molar-refractivity contribution in [1.29, 1.82) is 0 Å². The van der Waals surface area contributed by atoms with Crippen molar-refractivity contribution in [3.05, 3.63) is 29.3 Å². The predicted octanol–water partition coefficient (Wildman–Crippen LogP) is 3.45. The minimum absolute atomic E-state index is 0. The Bertz CT molecular complexity index is 522. The maximum atomic E-state index is 12.1. The minimum Gasteiger partial charge on any atom is -0.489 e. The maximum absolute atomic E-state index is 12.1. The summed E-state index contributed by atoms with van der Waals surface area (Å²) in [5.41, 5.74) is 0. The van der Waals surface area contributed by atoms with Crippen molar-refractivity contribution in [1.82, 2.24) is 5.06 Å². The fourth-order valence-electron chi connectivity index (χ4n) is 3.15. The number of nitrogens with zero attached hydrogens (tertiary/aromatic N) is 1. The SMILES string of the molecule is O=C(ON1CC[C@@H](Oc2cccc(Cl)c2)C1)C1CCCCC1.[Li]. The van der Waals surface area contributed by atoms with Gasteiger partial charge < -0.3 is 9.57 Å². The van der Waals surface area contributed by atoms with Gasteiger partial charge in [0.15, 0.2) is 0 Å². The van der Waals surface area contributed by atoms with Gasteiger partial charge in [-0.05, 0) is 31.0 Å². The fraction of sp³-hybridized carbons (Fsp3) is 0.588. The van der Waals surface area contributed by atoms with Crippen LogP contribution in [0.2, 0.25) is 5.02 Å². The number of halogens is 1. The first-order valence-electron chi connectivity index (χ1n) is 8.10. The molecular formula is C17H22ClLiNO3. The quantitative estimate of drug-likeness (QED) is 0.793. The van der Waals surface area contributed by atoms with Crippen molar-refractivity contribution in [2.45, 2.75) is 44.6 Å². The van der Waals surface area contributed by atoms with Crippen molar-refractivity contribution in [2.24, 2.45) is 5.92 Å². The monoisotopic (exact) mass is 330 g/mol. The van der Waals surface area contributed by atoms with Gasteiger partial charge in [0.05, 0.1) is 12.5 Å². The molecule has 6 heteroatoms. The Hall–Kier alpha value is -0.663. The first-order chi connectivity index (χ1) is 10.7. The number of ether oxygens (including phenoxy) is 1. The second-order valence-electron chi connectivity index (χ2n) is 6.12. The Labute approximate surface area is 154 Å². The van der Waals surface area contributed by atoms with Gasteiger partial charge in [-0.25, -0.2) is 0 Å². The van der Waals surface area contributed by atoms with Crippen molar-refractivity contribution in [3.63, 3.8) is 0 Å². The Morgan fingerprint density at radius 2 is 1.96 bits per heavy atom. The van der Waals surface area contributed by atoms with Crippen molar-refractivity contribution >= 4 is 36.4 Å². The molecule has 1 aromatic carbocycles. The molecule has 3 rings (SSSR count). The molecule has 1 aliphatic carbocycles. The summed E-state index contributed by atoms with van der Waals surface area (Å²) in [5, 5.41) is 2.41.